The summed E-state index contributed by atoms with van der Waals surface area (Å²) >= 11 is 3.55. The number of ether oxygens (including phenoxy) is 2. The van der Waals surface area contributed by atoms with E-state index in [-0.39, 0.29) is 11.8 Å². The maximum Gasteiger partial charge on any atom is 0.175 e. The normalized spacial score (nSPS) is 12.0. The van der Waals surface area contributed by atoms with Crippen LogP contribution < -0.4 is 9.47 Å². The second-order valence-corrected chi connectivity index (χ2v) is 8.52. The van der Waals surface area contributed by atoms with Gasteiger partial charge < -0.3 is 9.47 Å². The number of hydrogen-bond acceptors (Lipinski definition) is 5. The van der Waals surface area contributed by atoms with Crippen LogP contribution in [0.3, 0.4) is 0 Å². The lowest BCUT2D eigenvalue weighted by atomic mass is 10.1. The van der Waals surface area contributed by atoms with E-state index in [2.05, 4.69) is 34.7 Å². The molecular weight excluding hydrogens is 370 g/mol. The Kier molecular flexibility index (Phi) is 7.15. The van der Waals surface area contributed by atoms with E-state index in [1.165, 1.54) is 6.26 Å². The first-order valence-corrected chi connectivity index (χ1v) is 9.86. The molecule has 0 aromatic heterocycles. The molecule has 0 saturated carbocycles. The molecule has 0 aliphatic carbocycles. The van der Waals surface area contributed by atoms with Gasteiger partial charge in [0.1, 0.15) is 9.84 Å². The van der Waals surface area contributed by atoms with Crippen LogP contribution in [0.4, 0.5) is 0 Å². The number of halogens is 1. The molecule has 0 N–H and O–H groups in total. The Morgan fingerprint density at radius 1 is 1.23 bits per heavy atom. The molecule has 126 valence electrons. The summed E-state index contributed by atoms with van der Waals surface area (Å²) in [6.07, 6.45) is 1.26. The Hall–Kier alpha value is -0.790. The molecule has 0 saturated heterocycles. The molecule has 0 bridgehead atoms. The Labute approximate surface area is 141 Å². The summed E-state index contributed by atoms with van der Waals surface area (Å²) in [5.41, 5.74) is 1.03. The summed E-state index contributed by atoms with van der Waals surface area (Å²) in [5.74, 6) is 1.45. The number of methoxy groups -OCH3 is 2. The van der Waals surface area contributed by atoms with Crippen LogP contribution in [-0.2, 0) is 16.4 Å². The lowest BCUT2D eigenvalue weighted by Crippen LogP contribution is -2.34. The van der Waals surface area contributed by atoms with Crippen LogP contribution in [0.5, 0.6) is 11.5 Å². The largest absolute Gasteiger partial charge is 0.493 e. The highest BCUT2D eigenvalue weighted by atomic mass is 79.9. The van der Waals surface area contributed by atoms with Crippen molar-refractivity contribution in [3.63, 3.8) is 0 Å². The zero-order chi connectivity index (χ0) is 16.9. The van der Waals surface area contributed by atoms with Gasteiger partial charge in [0, 0.05) is 25.4 Å². The minimum Gasteiger partial charge on any atom is -0.493 e. The highest BCUT2D eigenvalue weighted by Crippen LogP contribution is 2.38. The molecule has 0 spiro atoms. The van der Waals surface area contributed by atoms with E-state index in [9.17, 15) is 8.42 Å². The van der Waals surface area contributed by atoms with Crippen molar-refractivity contribution < 1.29 is 17.9 Å². The Morgan fingerprint density at radius 3 is 2.32 bits per heavy atom. The molecule has 0 amide bonds. The molecule has 0 aliphatic rings. The topological polar surface area (TPSA) is 55.8 Å². The van der Waals surface area contributed by atoms with Crippen LogP contribution in [0.15, 0.2) is 16.6 Å². The molecule has 0 unspecified atom stereocenters. The zero-order valence-corrected chi connectivity index (χ0v) is 16.1. The van der Waals surface area contributed by atoms with Crippen molar-refractivity contribution in [2.24, 2.45) is 0 Å². The highest BCUT2D eigenvalue weighted by Gasteiger charge is 2.18. The van der Waals surface area contributed by atoms with E-state index in [4.69, 9.17) is 9.47 Å². The van der Waals surface area contributed by atoms with Crippen molar-refractivity contribution in [3.8, 4) is 11.5 Å². The monoisotopic (exact) mass is 393 g/mol. The lowest BCUT2D eigenvalue weighted by Gasteiger charge is -2.27. The molecule has 0 fully saturated rings. The van der Waals surface area contributed by atoms with E-state index < -0.39 is 9.84 Å². The van der Waals surface area contributed by atoms with E-state index >= 15 is 0 Å². The molecule has 0 atom stereocenters. The molecular formula is C15H24BrNO4S. The summed E-state index contributed by atoms with van der Waals surface area (Å²) in [5, 5.41) is 0. The minimum absolute atomic E-state index is 0.149. The van der Waals surface area contributed by atoms with Crippen LogP contribution in [-0.4, -0.2) is 52.1 Å². The summed E-state index contributed by atoms with van der Waals surface area (Å²) in [7, 11) is 0.211. The van der Waals surface area contributed by atoms with Gasteiger partial charge >= 0.3 is 0 Å². The Bertz CT molecular complexity index is 602. The maximum absolute atomic E-state index is 11.4. The third kappa shape index (κ3) is 5.44. The zero-order valence-electron chi connectivity index (χ0n) is 13.7. The average molecular weight is 394 g/mol. The first-order valence-electron chi connectivity index (χ1n) is 7.00. The van der Waals surface area contributed by atoms with Crippen LogP contribution in [0.1, 0.15) is 19.4 Å². The second kappa shape index (κ2) is 8.17. The predicted molar refractivity (Wildman–Crippen MR) is 92.5 cm³/mol. The van der Waals surface area contributed by atoms with Gasteiger partial charge in [0.05, 0.1) is 24.4 Å². The van der Waals surface area contributed by atoms with Crippen LogP contribution in [0.2, 0.25) is 0 Å². The fourth-order valence-electron chi connectivity index (χ4n) is 2.07. The summed E-state index contributed by atoms with van der Waals surface area (Å²) in [4.78, 5) is 2.12. The molecule has 1 aromatic rings. The first-order chi connectivity index (χ1) is 10.2. The van der Waals surface area contributed by atoms with Gasteiger partial charge in [-0.05, 0) is 41.4 Å². The Balaban J connectivity index is 2.99. The predicted octanol–water partition coefficient (Wildman–Crippen LogP) is 2.72. The van der Waals surface area contributed by atoms with Gasteiger partial charge in [0.25, 0.3) is 0 Å². The number of rotatable bonds is 8. The molecule has 1 aromatic carbocycles. The van der Waals surface area contributed by atoms with Crippen molar-refractivity contribution >= 4 is 25.8 Å². The molecule has 7 heteroatoms. The molecule has 0 aliphatic heterocycles. The standard InChI is InChI=1S/C15H24BrNO4S/c1-11(2)17(8-9-22(5,18)19)10-12-6-7-13(20-3)15(21-4)14(12)16/h6-7,11H,8-10H2,1-5H3. The van der Waals surface area contributed by atoms with Crippen molar-refractivity contribution in [1.29, 1.82) is 0 Å². The number of sulfone groups is 1. The molecule has 1 rings (SSSR count). The van der Waals surface area contributed by atoms with Gasteiger partial charge in [-0.15, -0.1) is 0 Å². The SMILES string of the molecule is COc1ccc(CN(CCS(C)(=O)=O)C(C)C)c(Br)c1OC. The van der Waals surface area contributed by atoms with Crippen molar-refractivity contribution in [3.05, 3.63) is 22.2 Å². The number of hydrogen-bond donors (Lipinski definition) is 0. The molecule has 0 heterocycles. The van der Waals surface area contributed by atoms with Crippen LogP contribution in [0, 0.1) is 0 Å². The lowest BCUT2D eigenvalue weighted by molar-refractivity contribution is 0.225. The first kappa shape index (κ1) is 19.3. The maximum atomic E-state index is 11.4. The van der Waals surface area contributed by atoms with Crippen molar-refractivity contribution in [2.45, 2.75) is 26.4 Å². The summed E-state index contributed by atoms with van der Waals surface area (Å²) < 4.78 is 34.3. The van der Waals surface area contributed by atoms with E-state index in [1.54, 1.807) is 14.2 Å². The van der Waals surface area contributed by atoms with Gasteiger partial charge in [0.2, 0.25) is 0 Å². The number of nitrogens with zero attached hydrogens (tertiary/aromatic N) is 1. The van der Waals surface area contributed by atoms with E-state index in [0.717, 1.165) is 10.0 Å². The quantitative estimate of drug-likeness (QED) is 0.679. The fraction of sp³-hybridized carbons (Fsp3) is 0.600. The van der Waals surface area contributed by atoms with Gasteiger partial charge in [0.15, 0.2) is 11.5 Å². The summed E-state index contributed by atoms with van der Waals surface area (Å²) in [6.45, 7) is 5.24. The van der Waals surface area contributed by atoms with Gasteiger partial charge in [-0.1, -0.05) is 6.07 Å². The average Bonchev–Trinajstić information content (AvgIpc) is 2.43. The fourth-order valence-corrected chi connectivity index (χ4v) is 3.25. The van der Waals surface area contributed by atoms with Gasteiger partial charge in [-0.3, -0.25) is 4.90 Å². The minimum atomic E-state index is -2.98. The molecule has 5 nitrogen and oxygen atoms in total. The highest BCUT2D eigenvalue weighted by molar-refractivity contribution is 9.10. The van der Waals surface area contributed by atoms with Crippen LogP contribution in [0.25, 0.3) is 0 Å². The van der Waals surface area contributed by atoms with E-state index in [1.807, 2.05) is 12.1 Å². The second-order valence-electron chi connectivity index (χ2n) is 5.47. The van der Waals surface area contributed by atoms with E-state index in [0.29, 0.717) is 24.6 Å². The summed E-state index contributed by atoms with van der Waals surface area (Å²) in [6, 6.07) is 4.05. The smallest absolute Gasteiger partial charge is 0.175 e. The van der Waals surface area contributed by atoms with Crippen LogP contribution >= 0.6 is 15.9 Å². The third-order valence-corrected chi connectivity index (χ3v) is 5.21. The number of benzene rings is 1. The van der Waals surface area contributed by atoms with Crippen molar-refractivity contribution in [2.75, 3.05) is 32.8 Å². The van der Waals surface area contributed by atoms with Gasteiger partial charge in [-0.25, -0.2) is 8.42 Å². The molecule has 0 radical (unpaired) electrons. The third-order valence-electron chi connectivity index (χ3n) is 3.42. The molecule has 22 heavy (non-hydrogen) atoms. The van der Waals surface area contributed by atoms with Gasteiger partial charge in [-0.2, -0.15) is 0 Å². The van der Waals surface area contributed by atoms with Crippen molar-refractivity contribution in [1.82, 2.24) is 4.90 Å². The Morgan fingerprint density at radius 2 is 1.86 bits per heavy atom.